The zero-order valence-corrected chi connectivity index (χ0v) is 18.0. The van der Waals surface area contributed by atoms with Crippen LogP contribution in [0.5, 0.6) is 0 Å². The number of nitrogens with zero attached hydrogens (tertiary/aromatic N) is 2. The zero-order valence-electron chi connectivity index (χ0n) is 18.0. The summed E-state index contributed by atoms with van der Waals surface area (Å²) < 4.78 is 1.14. The first kappa shape index (κ1) is 21.7. The van der Waals surface area contributed by atoms with Crippen LogP contribution in [-0.4, -0.2) is 33.4 Å². The fourth-order valence-corrected chi connectivity index (χ4v) is 3.56. The highest BCUT2D eigenvalue weighted by molar-refractivity contribution is 6.08. The summed E-state index contributed by atoms with van der Waals surface area (Å²) in [5.41, 5.74) is 1.84. The van der Waals surface area contributed by atoms with Crippen LogP contribution in [0.1, 0.15) is 27.8 Å². The first-order valence-corrected chi connectivity index (χ1v) is 10.3. The first-order chi connectivity index (χ1) is 15.9. The number of aromatic amines is 1. The predicted octanol–water partition coefficient (Wildman–Crippen LogP) is 2.38. The largest absolute Gasteiger partial charge is 0.354 e. The number of nitrogens with one attached hydrogen (secondary N) is 3. The van der Waals surface area contributed by atoms with Crippen LogP contribution in [-0.2, 0) is 6.54 Å². The Kier molecular flexibility index (Phi) is 5.86. The molecule has 33 heavy (non-hydrogen) atoms. The van der Waals surface area contributed by atoms with E-state index >= 15 is 0 Å². The van der Waals surface area contributed by atoms with Crippen molar-refractivity contribution in [2.24, 2.45) is 0 Å². The van der Waals surface area contributed by atoms with E-state index in [0.29, 0.717) is 22.2 Å². The molecule has 0 unspecified atom stereocenters. The van der Waals surface area contributed by atoms with E-state index in [1.807, 2.05) is 6.07 Å². The van der Waals surface area contributed by atoms with E-state index in [4.69, 9.17) is 0 Å². The van der Waals surface area contributed by atoms with Gasteiger partial charge in [0.05, 0.1) is 16.6 Å². The number of hydrogen-bond donors (Lipinski definition) is 3. The van der Waals surface area contributed by atoms with Crippen LogP contribution < -0.4 is 21.9 Å². The molecule has 9 heteroatoms. The van der Waals surface area contributed by atoms with E-state index in [1.54, 1.807) is 55.5 Å². The molecule has 166 valence electrons. The Balaban J connectivity index is 1.68. The van der Waals surface area contributed by atoms with Crippen molar-refractivity contribution in [3.63, 3.8) is 0 Å². The van der Waals surface area contributed by atoms with Gasteiger partial charge in [-0.15, -0.1) is 0 Å². The number of pyridine rings is 1. The summed E-state index contributed by atoms with van der Waals surface area (Å²) in [7, 11) is 1.49. The predicted molar refractivity (Wildman–Crippen MR) is 126 cm³/mol. The molecule has 0 radical (unpaired) electrons. The summed E-state index contributed by atoms with van der Waals surface area (Å²) in [6.45, 7) is 2.01. The normalized spacial score (nSPS) is 10.7. The van der Waals surface area contributed by atoms with Gasteiger partial charge in [-0.05, 0) is 54.4 Å². The quantitative estimate of drug-likeness (QED) is 0.437. The van der Waals surface area contributed by atoms with Crippen LogP contribution in [0.25, 0.3) is 22.0 Å². The SMILES string of the molecule is CCn1c(=O)[nH]c2cc(-c3cccc(C(=O)Nc4cccnc4C(=O)NC)c3)ccc2c1=O. The lowest BCUT2D eigenvalue weighted by molar-refractivity contribution is 0.0959. The fraction of sp³-hybridized carbons (Fsp3) is 0.125. The van der Waals surface area contributed by atoms with Crippen molar-refractivity contribution in [1.29, 1.82) is 0 Å². The minimum absolute atomic E-state index is 0.112. The lowest BCUT2D eigenvalue weighted by Crippen LogP contribution is -2.34. The topological polar surface area (TPSA) is 126 Å². The van der Waals surface area contributed by atoms with Crippen molar-refractivity contribution in [3.8, 4) is 11.1 Å². The number of H-pyrrole nitrogens is 1. The third-order valence-electron chi connectivity index (χ3n) is 5.25. The van der Waals surface area contributed by atoms with Crippen LogP contribution in [0.15, 0.2) is 70.4 Å². The molecule has 0 aliphatic carbocycles. The smallest absolute Gasteiger partial charge is 0.328 e. The maximum absolute atomic E-state index is 12.9. The second-order valence-electron chi connectivity index (χ2n) is 7.25. The average Bonchev–Trinajstić information content (AvgIpc) is 2.84. The van der Waals surface area contributed by atoms with Crippen LogP contribution in [0, 0.1) is 0 Å². The van der Waals surface area contributed by atoms with Crippen molar-refractivity contribution in [2.45, 2.75) is 13.5 Å². The first-order valence-electron chi connectivity index (χ1n) is 10.3. The molecule has 2 heterocycles. The van der Waals surface area contributed by atoms with Crippen LogP contribution in [0.2, 0.25) is 0 Å². The Morgan fingerprint density at radius 2 is 1.79 bits per heavy atom. The molecule has 2 aromatic carbocycles. The van der Waals surface area contributed by atoms with Crippen molar-refractivity contribution in [1.82, 2.24) is 19.9 Å². The highest BCUT2D eigenvalue weighted by Gasteiger charge is 2.15. The molecule has 3 N–H and O–H groups in total. The Morgan fingerprint density at radius 3 is 2.55 bits per heavy atom. The summed E-state index contributed by atoms with van der Waals surface area (Å²) >= 11 is 0. The molecule has 9 nitrogen and oxygen atoms in total. The Hall–Kier alpha value is -4.53. The van der Waals surface area contributed by atoms with E-state index in [-0.39, 0.29) is 17.8 Å². The number of benzene rings is 2. The standard InChI is InChI=1S/C24H21N5O4/c1-3-29-23(32)17-10-9-15(13-19(17)28-24(29)33)14-6-4-7-16(12-14)21(30)27-18-8-5-11-26-20(18)22(31)25-2/h4-13H,3H2,1-2H3,(H,25,31)(H,27,30)(H,28,33). The monoisotopic (exact) mass is 443 g/mol. The third-order valence-corrected chi connectivity index (χ3v) is 5.25. The summed E-state index contributed by atoms with van der Waals surface area (Å²) in [4.78, 5) is 56.3. The Labute approximate surface area is 188 Å². The molecule has 0 fully saturated rings. The molecule has 4 aromatic rings. The second kappa shape index (κ2) is 8.91. The van der Waals surface area contributed by atoms with Gasteiger partial charge in [-0.25, -0.2) is 9.78 Å². The van der Waals surface area contributed by atoms with Crippen LogP contribution in [0.3, 0.4) is 0 Å². The molecule has 2 amide bonds. The summed E-state index contributed by atoms with van der Waals surface area (Å²) in [5.74, 6) is -0.818. The number of hydrogen-bond acceptors (Lipinski definition) is 5. The fourth-order valence-electron chi connectivity index (χ4n) is 3.56. The molecule has 0 spiro atoms. The van der Waals surface area contributed by atoms with Crippen molar-refractivity contribution >= 4 is 28.4 Å². The molecule has 0 atom stereocenters. The van der Waals surface area contributed by atoms with Crippen molar-refractivity contribution in [2.75, 3.05) is 12.4 Å². The average molecular weight is 443 g/mol. The second-order valence-corrected chi connectivity index (χ2v) is 7.25. The number of carbonyl (C=O) groups excluding carboxylic acids is 2. The van der Waals surface area contributed by atoms with Gasteiger partial charge < -0.3 is 15.6 Å². The summed E-state index contributed by atoms with van der Waals surface area (Å²) in [6.07, 6.45) is 1.47. The Morgan fingerprint density at radius 1 is 1.00 bits per heavy atom. The molecule has 0 saturated heterocycles. The van der Waals surface area contributed by atoms with Crippen molar-refractivity contribution in [3.05, 3.63) is 92.9 Å². The van der Waals surface area contributed by atoms with E-state index in [0.717, 1.165) is 15.7 Å². The van der Waals surface area contributed by atoms with Crippen LogP contribution >= 0.6 is 0 Å². The van der Waals surface area contributed by atoms with E-state index in [1.165, 1.54) is 13.2 Å². The highest BCUT2D eigenvalue weighted by atomic mass is 16.2. The summed E-state index contributed by atoms with van der Waals surface area (Å²) in [6, 6.07) is 15.3. The van der Waals surface area contributed by atoms with Gasteiger partial charge in [0.2, 0.25) is 0 Å². The van der Waals surface area contributed by atoms with Gasteiger partial charge in [-0.2, -0.15) is 0 Å². The van der Waals surface area contributed by atoms with Gasteiger partial charge in [0, 0.05) is 25.4 Å². The molecule has 0 aliphatic rings. The van der Waals surface area contributed by atoms with Gasteiger partial charge in [-0.1, -0.05) is 18.2 Å². The number of fused-ring (bicyclic) bond motifs is 1. The molecule has 0 bridgehead atoms. The maximum Gasteiger partial charge on any atom is 0.328 e. The number of rotatable bonds is 5. The van der Waals surface area contributed by atoms with E-state index in [2.05, 4.69) is 20.6 Å². The third kappa shape index (κ3) is 4.16. The number of anilines is 1. The minimum Gasteiger partial charge on any atom is -0.354 e. The summed E-state index contributed by atoms with van der Waals surface area (Å²) in [5, 5.41) is 5.63. The lowest BCUT2D eigenvalue weighted by Gasteiger charge is -2.10. The van der Waals surface area contributed by atoms with Gasteiger partial charge in [0.15, 0.2) is 5.69 Å². The lowest BCUT2D eigenvalue weighted by atomic mass is 10.0. The maximum atomic E-state index is 12.9. The molecular weight excluding hydrogens is 422 g/mol. The zero-order chi connectivity index (χ0) is 23.5. The van der Waals surface area contributed by atoms with Gasteiger partial charge in [0.1, 0.15) is 0 Å². The number of aromatic nitrogens is 3. The molecule has 4 rings (SSSR count). The van der Waals surface area contributed by atoms with Crippen molar-refractivity contribution < 1.29 is 9.59 Å². The Bertz CT molecular complexity index is 1500. The van der Waals surface area contributed by atoms with E-state index < -0.39 is 17.5 Å². The van der Waals surface area contributed by atoms with Crippen LogP contribution in [0.4, 0.5) is 5.69 Å². The number of amides is 2. The minimum atomic E-state index is -0.469. The molecule has 2 aromatic heterocycles. The number of carbonyl (C=O) groups is 2. The van der Waals surface area contributed by atoms with Gasteiger partial charge >= 0.3 is 5.69 Å². The molecule has 0 saturated carbocycles. The van der Waals surface area contributed by atoms with Gasteiger partial charge in [-0.3, -0.25) is 19.0 Å². The molecule has 0 aliphatic heterocycles. The molecular formula is C24H21N5O4. The van der Waals surface area contributed by atoms with Gasteiger partial charge in [0.25, 0.3) is 17.4 Å². The highest BCUT2D eigenvalue weighted by Crippen LogP contribution is 2.24. The van der Waals surface area contributed by atoms with E-state index in [9.17, 15) is 19.2 Å².